The summed E-state index contributed by atoms with van der Waals surface area (Å²) < 4.78 is 32.7. The maximum atomic E-state index is 12.7. The highest BCUT2D eigenvalue weighted by molar-refractivity contribution is 9.10. The van der Waals surface area contributed by atoms with Crippen molar-refractivity contribution in [2.24, 2.45) is 0 Å². The molecule has 1 N–H and O–H groups in total. The SMILES string of the molecule is COc1cc(Br)cc(S(=O)(=O)N(C)C2CCNCC2)c1.Cl. The average molecular weight is 400 g/mol. The molecule has 5 nitrogen and oxygen atoms in total. The highest BCUT2D eigenvalue weighted by atomic mass is 79.9. The van der Waals surface area contributed by atoms with Crippen molar-refractivity contribution in [3.8, 4) is 5.75 Å². The monoisotopic (exact) mass is 398 g/mol. The van der Waals surface area contributed by atoms with Crippen LogP contribution in [0.4, 0.5) is 0 Å². The molecule has 2 rings (SSSR count). The largest absolute Gasteiger partial charge is 0.497 e. The third-order valence-electron chi connectivity index (χ3n) is 3.58. The summed E-state index contributed by atoms with van der Waals surface area (Å²) in [5, 5.41) is 3.24. The van der Waals surface area contributed by atoms with E-state index in [1.54, 1.807) is 25.2 Å². The van der Waals surface area contributed by atoms with E-state index in [0.29, 0.717) is 10.2 Å². The molecule has 0 aliphatic carbocycles. The van der Waals surface area contributed by atoms with Crippen molar-refractivity contribution in [1.82, 2.24) is 9.62 Å². The molecule has 1 aliphatic heterocycles. The minimum atomic E-state index is -3.50. The fraction of sp³-hybridized carbons (Fsp3) is 0.538. The molecule has 1 aromatic carbocycles. The molecule has 1 fully saturated rings. The normalized spacial score (nSPS) is 16.6. The highest BCUT2D eigenvalue weighted by Crippen LogP contribution is 2.27. The van der Waals surface area contributed by atoms with Crippen molar-refractivity contribution in [1.29, 1.82) is 0 Å². The molecule has 0 bridgehead atoms. The fourth-order valence-corrected chi connectivity index (χ4v) is 4.44. The van der Waals surface area contributed by atoms with E-state index in [-0.39, 0.29) is 23.3 Å². The molecule has 1 heterocycles. The predicted molar refractivity (Wildman–Crippen MR) is 88.8 cm³/mol. The third kappa shape index (κ3) is 4.32. The molecule has 0 unspecified atom stereocenters. The van der Waals surface area contributed by atoms with Gasteiger partial charge in [0.2, 0.25) is 10.0 Å². The Morgan fingerprint density at radius 1 is 1.29 bits per heavy atom. The molecule has 1 aliphatic rings. The first-order valence-electron chi connectivity index (χ1n) is 6.48. The number of halogens is 2. The third-order valence-corrected chi connectivity index (χ3v) is 5.93. The lowest BCUT2D eigenvalue weighted by Crippen LogP contribution is -2.43. The molecule has 1 aromatic rings. The Bertz CT molecular complexity index is 577. The van der Waals surface area contributed by atoms with Gasteiger partial charge in [0.15, 0.2) is 0 Å². The molecule has 21 heavy (non-hydrogen) atoms. The van der Waals surface area contributed by atoms with Crippen LogP contribution in [0.2, 0.25) is 0 Å². The Labute approximate surface area is 140 Å². The summed E-state index contributed by atoms with van der Waals surface area (Å²) in [7, 11) is -0.324. The van der Waals surface area contributed by atoms with Gasteiger partial charge in [0.1, 0.15) is 5.75 Å². The highest BCUT2D eigenvalue weighted by Gasteiger charge is 2.29. The first-order valence-corrected chi connectivity index (χ1v) is 8.72. The number of piperidine rings is 1. The van der Waals surface area contributed by atoms with Crippen LogP contribution >= 0.6 is 28.3 Å². The van der Waals surface area contributed by atoms with E-state index >= 15 is 0 Å². The van der Waals surface area contributed by atoms with E-state index in [4.69, 9.17) is 4.74 Å². The van der Waals surface area contributed by atoms with Gasteiger partial charge in [-0.1, -0.05) is 15.9 Å². The molecule has 1 saturated heterocycles. The first-order chi connectivity index (χ1) is 9.45. The summed E-state index contributed by atoms with van der Waals surface area (Å²) in [5.41, 5.74) is 0. The lowest BCUT2D eigenvalue weighted by atomic mass is 10.1. The van der Waals surface area contributed by atoms with Gasteiger partial charge in [0.05, 0.1) is 12.0 Å². The zero-order valence-electron chi connectivity index (χ0n) is 12.0. The second-order valence-corrected chi connectivity index (χ2v) is 7.74. The van der Waals surface area contributed by atoms with Crippen LogP contribution in [0, 0.1) is 0 Å². The topological polar surface area (TPSA) is 58.6 Å². The van der Waals surface area contributed by atoms with Crippen LogP contribution in [0.1, 0.15) is 12.8 Å². The van der Waals surface area contributed by atoms with Gasteiger partial charge in [-0.2, -0.15) is 4.31 Å². The predicted octanol–water partition coefficient (Wildman–Crippen LogP) is 2.25. The smallest absolute Gasteiger partial charge is 0.243 e. The molecule has 0 aromatic heterocycles. The molecule has 120 valence electrons. The Balaban J connectivity index is 0.00000220. The van der Waals surface area contributed by atoms with Crippen LogP contribution in [0.5, 0.6) is 5.75 Å². The molecular formula is C13H20BrClN2O3S. The fourth-order valence-electron chi connectivity index (χ4n) is 2.34. The van der Waals surface area contributed by atoms with Gasteiger partial charge >= 0.3 is 0 Å². The maximum Gasteiger partial charge on any atom is 0.243 e. The summed E-state index contributed by atoms with van der Waals surface area (Å²) in [5.74, 6) is 0.525. The Kier molecular flexibility index (Phi) is 6.93. The van der Waals surface area contributed by atoms with Crippen LogP contribution < -0.4 is 10.1 Å². The zero-order chi connectivity index (χ0) is 14.8. The number of nitrogens with one attached hydrogen (secondary N) is 1. The van der Waals surface area contributed by atoms with Gasteiger partial charge in [-0.3, -0.25) is 0 Å². The molecule has 0 atom stereocenters. The van der Waals surface area contributed by atoms with Gasteiger partial charge in [-0.15, -0.1) is 12.4 Å². The number of ether oxygens (including phenoxy) is 1. The molecular weight excluding hydrogens is 380 g/mol. The number of nitrogens with zero attached hydrogens (tertiary/aromatic N) is 1. The van der Waals surface area contributed by atoms with E-state index in [9.17, 15) is 8.42 Å². The number of hydrogen-bond acceptors (Lipinski definition) is 4. The number of methoxy groups -OCH3 is 1. The Morgan fingerprint density at radius 3 is 2.48 bits per heavy atom. The van der Waals surface area contributed by atoms with Crippen molar-refractivity contribution < 1.29 is 13.2 Å². The van der Waals surface area contributed by atoms with Crippen molar-refractivity contribution in [2.75, 3.05) is 27.2 Å². The number of hydrogen-bond donors (Lipinski definition) is 1. The number of rotatable bonds is 4. The number of benzene rings is 1. The van der Waals surface area contributed by atoms with E-state index in [2.05, 4.69) is 21.2 Å². The summed E-state index contributed by atoms with van der Waals surface area (Å²) >= 11 is 3.32. The number of sulfonamides is 1. The molecule has 0 radical (unpaired) electrons. The summed E-state index contributed by atoms with van der Waals surface area (Å²) in [6, 6.07) is 4.95. The van der Waals surface area contributed by atoms with Gasteiger partial charge in [0, 0.05) is 23.6 Å². The van der Waals surface area contributed by atoms with Crippen molar-refractivity contribution in [3.05, 3.63) is 22.7 Å². The molecule has 0 amide bonds. The van der Waals surface area contributed by atoms with Gasteiger partial charge in [0.25, 0.3) is 0 Å². The maximum absolute atomic E-state index is 12.7. The van der Waals surface area contributed by atoms with Gasteiger partial charge in [-0.25, -0.2) is 8.42 Å². The second kappa shape index (κ2) is 7.78. The molecule has 0 saturated carbocycles. The minimum Gasteiger partial charge on any atom is -0.497 e. The van der Waals surface area contributed by atoms with Crippen LogP contribution in [0.25, 0.3) is 0 Å². The quantitative estimate of drug-likeness (QED) is 0.843. The van der Waals surface area contributed by atoms with E-state index in [1.165, 1.54) is 11.4 Å². The summed E-state index contributed by atoms with van der Waals surface area (Å²) in [6.45, 7) is 1.71. The van der Waals surface area contributed by atoms with E-state index in [1.807, 2.05) is 0 Å². The Hall–Kier alpha value is -0.340. The minimum absolute atomic E-state index is 0. The van der Waals surface area contributed by atoms with Crippen LogP contribution in [0.15, 0.2) is 27.6 Å². The average Bonchev–Trinajstić information content (AvgIpc) is 2.46. The van der Waals surface area contributed by atoms with Crippen LogP contribution in [-0.2, 0) is 10.0 Å². The van der Waals surface area contributed by atoms with Gasteiger partial charge in [-0.05, 0) is 38.1 Å². The summed E-state index contributed by atoms with van der Waals surface area (Å²) in [6.07, 6.45) is 1.67. The lowest BCUT2D eigenvalue weighted by Gasteiger charge is -2.30. The lowest BCUT2D eigenvalue weighted by molar-refractivity contribution is 0.296. The van der Waals surface area contributed by atoms with Crippen LogP contribution in [0.3, 0.4) is 0 Å². The molecule has 0 spiro atoms. The zero-order valence-corrected chi connectivity index (χ0v) is 15.2. The summed E-state index contributed by atoms with van der Waals surface area (Å²) in [4.78, 5) is 0.254. The van der Waals surface area contributed by atoms with E-state index < -0.39 is 10.0 Å². The van der Waals surface area contributed by atoms with Crippen molar-refractivity contribution >= 4 is 38.4 Å². The van der Waals surface area contributed by atoms with Crippen molar-refractivity contribution in [3.63, 3.8) is 0 Å². The second-order valence-electron chi connectivity index (χ2n) is 4.83. The van der Waals surface area contributed by atoms with Crippen molar-refractivity contribution in [2.45, 2.75) is 23.8 Å². The standard InChI is InChI=1S/C13H19BrN2O3S.ClH/c1-16(11-3-5-15-6-4-11)20(17,18)13-8-10(14)7-12(9-13)19-2;/h7-9,11,15H,3-6H2,1-2H3;1H. The Morgan fingerprint density at radius 2 is 1.90 bits per heavy atom. The molecule has 8 heteroatoms. The van der Waals surface area contributed by atoms with Gasteiger partial charge < -0.3 is 10.1 Å². The first kappa shape index (κ1) is 18.7. The van der Waals surface area contributed by atoms with Crippen LogP contribution in [-0.4, -0.2) is 46.0 Å². The van der Waals surface area contributed by atoms with E-state index in [0.717, 1.165) is 25.9 Å².